The van der Waals surface area contributed by atoms with Gasteiger partial charge in [-0.05, 0) is 31.0 Å². The Morgan fingerprint density at radius 1 is 1.04 bits per heavy atom. The molecule has 1 saturated heterocycles. The first kappa shape index (κ1) is 14.5. The van der Waals surface area contributed by atoms with Gasteiger partial charge < -0.3 is 15.0 Å². The lowest BCUT2D eigenvalue weighted by Crippen LogP contribution is -2.43. The number of benzene rings is 2. The maximum atomic E-state index is 11.0. The van der Waals surface area contributed by atoms with Gasteiger partial charge in [0, 0.05) is 23.7 Å². The van der Waals surface area contributed by atoms with E-state index in [1.54, 1.807) is 0 Å². The SMILES string of the molecule is OC1(c2ccccc2Cl)CCN(c2nc3ccccc3[nH]2)CC1. The van der Waals surface area contributed by atoms with Crippen LogP contribution in [0, 0.1) is 0 Å². The summed E-state index contributed by atoms with van der Waals surface area (Å²) in [5.74, 6) is 0.868. The van der Waals surface area contributed by atoms with E-state index in [4.69, 9.17) is 11.6 Å². The number of aromatic amines is 1. The van der Waals surface area contributed by atoms with E-state index in [1.165, 1.54) is 0 Å². The molecule has 1 fully saturated rings. The van der Waals surface area contributed by atoms with E-state index >= 15 is 0 Å². The van der Waals surface area contributed by atoms with Crippen LogP contribution in [0.15, 0.2) is 48.5 Å². The lowest BCUT2D eigenvalue weighted by atomic mass is 9.84. The predicted molar refractivity (Wildman–Crippen MR) is 92.9 cm³/mol. The van der Waals surface area contributed by atoms with E-state index in [1.807, 2.05) is 48.5 Å². The van der Waals surface area contributed by atoms with Crippen LogP contribution in [0.5, 0.6) is 0 Å². The van der Waals surface area contributed by atoms with Crippen LogP contribution in [0.25, 0.3) is 11.0 Å². The molecule has 1 aromatic heterocycles. The molecule has 4 nitrogen and oxygen atoms in total. The Morgan fingerprint density at radius 2 is 1.74 bits per heavy atom. The lowest BCUT2D eigenvalue weighted by molar-refractivity contribution is 0.0117. The summed E-state index contributed by atoms with van der Waals surface area (Å²) in [6.45, 7) is 1.48. The molecule has 0 bridgehead atoms. The highest BCUT2D eigenvalue weighted by atomic mass is 35.5. The van der Waals surface area contributed by atoms with Crippen molar-refractivity contribution in [3.8, 4) is 0 Å². The summed E-state index contributed by atoms with van der Waals surface area (Å²) in [6, 6.07) is 15.6. The van der Waals surface area contributed by atoms with Gasteiger partial charge in [0.1, 0.15) is 0 Å². The molecular weight excluding hydrogens is 310 g/mol. The molecule has 0 spiro atoms. The molecular formula is C18H18ClN3O. The van der Waals surface area contributed by atoms with Gasteiger partial charge in [0.05, 0.1) is 16.6 Å². The van der Waals surface area contributed by atoms with Crippen molar-refractivity contribution in [1.29, 1.82) is 0 Å². The fourth-order valence-corrected chi connectivity index (χ4v) is 3.60. The van der Waals surface area contributed by atoms with Gasteiger partial charge in [-0.2, -0.15) is 0 Å². The number of aromatic nitrogens is 2. The number of anilines is 1. The molecule has 3 aromatic rings. The van der Waals surface area contributed by atoms with Crippen molar-refractivity contribution in [1.82, 2.24) is 9.97 Å². The summed E-state index contributed by atoms with van der Waals surface area (Å²) in [7, 11) is 0. The largest absolute Gasteiger partial charge is 0.385 e. The smallest absolute Gasteiger partial charge is 0.203 e. The summed E-state index contributed by atoms with van der Waals surface area (Å²) in [4.78, 5) is 10.2. The minimum Gasteiger partial charge on any atom is -0.385 e. The normalized spacial score (nSPS) is 17.6. The number of hydrogen-bond acceptors (Lipinski definition) is 3. The Morgan fingerprint density at radius 3 is 2.48 bits per heavy atom. The number of fused-ring (bicyclic) bond motifs is 1. The summed E-state index contributed by atoms with van der Waals surface area (Å²) >= 11 is 6.26. The first-order valence-electron chi connectivity index (χ1n) is 7.83. The maximum absolute atomic E-state index is 11.0. The van der Waals surface area contributed by atoms with E-state index in [0.29, 0.717) is 17.9 Å². The molecule has 2 N–H and O–H groups in total. The van der Waals surface area contributed by atoms with Gasteiger partial charge in [-0.15, -0.1) is 0 Å². The third-order valence-electron chi connectivity index (χ3n) is 4.64. The van der Waals surface area contributed by atoms with Crippen LogP contribution in [0.1, 0.15) is 18.4 Å². The molecule has 118 valence electrons. The molecule has 5 heteroatoms. The van der Waals surface area contributed by atoms with E-state index in [-0.39, 0.29) is 0 Å². The number of hydrogen-bond donors (Lipinski definition) is 2. The molecule has 0 saturated carbocycles. The van der Waals surface area contributed by atoms with Crippen molar-refractivity contribution in [3.63, 3.8) is 0 Å². The third kappa shape index (κ3) is 2.58. The number of aliphatic hydroxyl groups is 1. The zero-order valence-electron chi connectivity index (χ0n) is 12.7. The van der Waals surface area contributed by atoms with Gasteiger partial charge in [-0.3, -0.25) is 0 Å². The van der Waals surface area contributed by atoms with Crippen LogP contribution in [0.4, 0.5) is 5.95 Å². The second kappa shape index (κ2) is 5.55. The fourth-order valence-electron chi connectivity index (χ4n) is 3.29. The number of para-hydroxylation sites is 2. The fraction of sp³-hybridized carbons (Fsp3) is 0.278. The topological polar surface area (TPSA) is 52.1 Å². The molecule has 0 atom stereocenters. The van der Waals surface area contributed by atoms with E-state index in [0.717, 1.165) is 35.6 Å². The molecule has 2 aromatic carbocycles. The predicted octanol–water partition coefficient (Wildman–Crippen LogP) is 3.70. The standard InChI is InChI=1S/C18H18ClN3O/c19-14-6-2-1-5-13(14)18(23)9-11-22(12-10-18)17-20-15-7-3-4-8-16(15)21-17/h1-8,23H,9-12H2,(H,20,21). The number of imidazole rings is 1. The van der Waals surface area contributed by atoms with Crippen LogP contribution in [0.3, 0.4) is 0 Å². The van der Waals surface area contributed by atoms with Crippen molar-refractivity contribution < 1.29 is 5.11 Å². The molecule has 1 aliphatic heterocycles. The average Bonchev–Trinajstić information content (AvgIpc) is 3.00. The van der Waals surface area contributed by atoms with Crippen LogP contribution >= 0.6 is 11.6 Å². The summed E-state index contributed by atoms with van der Waals surface area (Å²) in [5, 5.41) is 11.6. The highest BCUT2D eigenvalue weighted by Gasteiger charge is 2.36. The molecule has 2 heterocycles. The van der Waals surface area contributed by atoms with Crippen molar-refractivity contribution in [2.45, 2.75) is 18.4 Å². The van der Waals surface area contributed by atoms with Gasteiger partial charge in [-0.25, -0.2) is 4.98 Å². The molecule has 0 aliphatic carbocycles. The molecule has 0 amide bonds. The second-order valence-electron chi connectivity index (χ2n) is 6.08. The Kier molecular flexibility index (Phi) is 3.51. The molecule has 0 unspecified atom stereocenters. The zero-order valence-corrected chi connectivity index (χ0v) is 13.4. The summed E-state index contributed by atoms with van der Waals surface area (Å²) in [5.41, 5.74) is 1.97. The Bertz CT molecular complexity index is 804. The van der Waals surface area contributed by atoms with Crippen LogP contribution in [-0.2, 0) is 5.60 Å². The molecule has 1 aliphatic rings. The van der Waals surface area contributed by atoms with E-state index < -0.39 is 5.60 Å². The van der Waals surface area contributed by atoms with Crippen LogP contribution in [0.2, 0.25) is 5.02 Å². The van der Waals surface area contributed by atoms with Crippen molar-refractivity contribution in [2.75, 3.05) is 18.0 Å². The Labute approximate surface area is 139 Å². The number of halogens is 1. The number of rotatable bonds is 2. The summed E-state index contributed by atoms with van der Waals surface area (Å²) < 4.78 is 0. The Hall–Kier alpha value is -2.04. The molecule has 23 heavy (non-hydrogen) atoms. The summed E-state index contributed by atoms with van der Waals surface area (Å²) in [6.07, 6.45) is 1.27. The van der Waals surface area contributed by atoms with Gasteiger partial charge in [-0.1, -0.05) is 41.9 Å². The number of nitrogens with one attached hydrogen (secondary N) is 1. The quantitative estimate of drug-likeness (QED) is 0.754. The monoisotopic (exact) mass is 327 g/mol. The van der Waals surface area contributed by atoms with Crippen LogP contribution < -0.4 is 4.90 Å². The average molecular weight is 328 g/mol. The van der Waals surface area contributed by atoms with Crippen molar-refractivity contribution in [2.24, 2.45) is 0 Å². The number of nitrogens with zero attached hydrogens (tertiary/aromatic N) is 2. The highest BCUT2D eigenvalue weighted by molar-refractivity contribution is 6.31. The van der Waals surface area contributed by atoms with Crippen molar-refractivity contribution >= 4 is 28.6 Å². The van der Waals surface area contributed by atoms with E-state index in [9.17, 15) is 5.11 Å². The first-order valence-corrected chi connectivity index (χ1v) is 8.21. The van der Waals surface area contributed by atoms with Gasteiger partial charge in [0.15, 0.2) is 0 Å². The van der Waals surface area contributed by atoms with Crippen LogP contribution in [-0.4, -0.2) is 28.2 Å². The first-order chi connectivity index (χ1) is 11.2. The Balaban J connectivity index is 1.55. The zero-order chi connectivity index (χ0) is 15.9. The number of H-pyrrole nitrogens is 1. The van der Waals surface area contributed by atoms with E-state index in [2.05, 4.69) is 14.9 Å². The van der Waals surface area contributed by atoms with Crippen molar-refractivity contribution in [3.05, 3.63) is 59.1 Å². The minimum absolute atomic E-state index is 0.632. The highest BCUT2D eigenvalue weighted by Crippen LogP contribution is 2.37. The minimum atomic E-state index is -0.860. The lowest BCUT2D eigenvalue weighted by Gasteiger charge is -2.38. The van der Waals surface area contributed by atoms with Gasteiger partial charge in [0.25, 0.3) is 0 Å². The number of piperidine rings is 1. The van der Waals surface area contributed by atoms with Gasteiger partial charge in [0.2, 0.25) is 5.95 Å². The third-order valence-corrected chi connectivity index (χ3v) is 4.97. The molecule has 4 rings (SSSR count). The molecule has 0 radical (unpaired) electrons. The van der Waals surface area contributed by atoms with Gasteiger partial charge >= 0.3 is 0 Å². The second-order valence-corrected chi connectivity index (χ2v) is 6.48. The maximum Gasteiger partial charge on any atom is 0.203 e.